The molecule has 3 N–H and O–H groups in total. The minimum atomic E-state index is -3.53. The van der Waals surface area contributed by atoms with E-state index in [1.165, 1.54) is 22.9 Å². The van der Waals surface area contributed by atoms with E-state index in [4.69, 9.17) is 13.8 Å². The minimum Gasteiger partial charge on any atom is -0.387 e. The summed E-state index contributed by atoms with van der Waals surface area (Å²) < 4.78 is 30.0. The van der Waals surface area contributed by atoms with Gasteiger partial charge in [-0.05, 0) is 32.1 Å². The largest absolute Gasteiger partial charge is 0.387 e. The van der Waals surface area contributed by atoms with Gasteiger partial charge in [0.15, 0.2) is 23.2 Å². The van der Waals surface area contributed by atoms with Gasteiger partial charge in [0.05, 0.1) is 13.2 Å². The van der Waals surface area contributed by atoms with Crippen molar-refractivity contribution in [2.75, 3.05) is 18.5 Å². The van der Waals surface area contributed by atoms with Gasteiger partial charge < -0.3 is 29.3 Å². The number of hydrogen-bond donors (Lipinski definition) is 3. The lowest BCUT2D eigenvalue weighted by molar-refractivity contribution is -0.0329. The summed E-state index contributed by atoms with van der Waals surface area (Å²) >= 11 is 0. The molecule has 4 unspecified atom stereocenters. The monoisotopic (exact) mass is 504 g/mol. The Labute approximate surface area is 200 Å². The van der Waals surface area contributed by atoms with E-state index in [1.54, 1.807) is 44.2 Å². The van der Waals surface area contributed by atoms with Crippen LogP contribution in [0.2, 0.25) is 0 Å². The van der Waals surface area contributed by atoms with Crippen molar-refractivity contribution < 1.29 is 33.4 Å². The second-order valence-corrected chi connectivity index (χ2v) is 9.33. The lowest BCUT2D eigenvalue weighted by Crippen LogP contribution is -2.31. The van der Waals surface area contributed by atoms with Crippen LogP contribution in [0.1, 0.15) is 30.4 Å². The molecule has 14 heteroatoms. The highest BCUT2D eigenvalue weighted by Crippen LogP contribution is 2.50. The van der Waals surface area contributed by atoms with Gasteiger partial charge in [0, 0.05) is 11.4 Å². The van der Waals surface area contributed by atoms with Crippen LogP contribution in [0.5, 0.6) is 0 Å². The SMILES string of the molecule is CCOP(=O)(/C=C/C1OC(n2nnc3c(NC(=O)c4ccccc4)ncnc32)C(O)C1O)OCC. The van der Waals surface area contributed by atoms with Crippen molar-refractivity contribution in [3.8, 4) is 0 Å². The van der Waals surface area contributed by atoms with Gasteiger partial charge in [-0.2, -0.15) is 4.68 Å². The zero-order chi connectivity index (χ0) is 25.0. The van der Waals surface area contributed by atoms with Crippen LogP contribution in [0, 0.1) is 0 Å². The molecule has 1 aliphatic rings. The number of carbonyl (C=O) groups is 1. The summed E-state index contributed by atoms with van der Waals surface area (Å²) in [5.74, 6) is 0.918. The number of nitrogens with one attached hydrogen (secondary N) is 1. The van der Waals surface area contributed by atoms with Crippen molar-refractivity contribution in [1.29, 1.82) is 0 Å². The summed E-state index contributed by atoms with van der Waals surface area (Å²) in [5, 5.41) is 31.8. The average molecular weight is 504 g/mol. The van der Waals surface area contributed by atoms with Crippen molar-refractivity contribution in [3.63, 3.8) is 0 Å². The summed E-state index contributed by atoms with van der Waals surface area (Å²) in [6, 6.07) is 8.56. The summed E-state index contributed by atoms with van der Waals surface area (Å²) in [6.07, 6.45) is -2.46. The number of aromatic nitrogens is 5. The van der Waals surface area contributed by atoms with E-state index in [0.29, 0.717) is 5.56 Å². The quantitative estimate of drug-likeness (QED) is 0.363. The van der Waals surface area contributed by atoms with Crippen molar-refractivity contribution >= 4 is 30.5 Å². The van der Waals surface area contributed by atoms with Gasteiger partial charge in [-0.1, -0.05) is 23.4 Å². The Bertz CT molecular complexity index is 1240. The number of aliphatic hydroxyl groups is 2. The van der Waals surface area contributed by atoms with Gasteiger partial charge in [-0.3, -0.25) is 9.36 Å². The van der Waals surface area contributed by atoms with E-state index in [-0.39, 0.29) is 30.2 Å². The molecule has 1 saturated heterocycles. The number of hydrogen-bond acceptors (Lipinski definition) is 11. The molecule has 2 aromatic heterocycles. The maximum atomic E-state index is 12.7. The minimum absolute atomic E-state index is 0.119. The molecule has 4 atom stereocenters. The molecule has 1 amide bonds. The Morgan fingerprint density at radius 2 is 1.89 bits per heavy atom. The molecule has 13 nitrogen and oxygen atoms in total. The van der Waals surface area contributed by atoms with Crippen LogP contribution in [-0.2, 0) is 18.3 Å². The molecule has 1 aromatic carbocycles. The first kappa shape index (κ1) is 25.0. The molecule has 0 aliphatic carbocycles. The second-order valence-electron chi connectivity index (χ2n) is 7.44. The Morgan fingerprint density at radius 1 is 1.17 bits per heavy atom. The first-order valence-corrected chi connectivity index (χ1v) is 12.5. The summed E-state index contributed by atoms with van der Waals surface area (Å²) in [5.41, 5.74) is 0.757. The fraction of sp³-hybridized carbons (Fsp3) is 0.381. The van der Waals surface area contributed by atoms with E-state index >= 15 is 0 Å². The summed E-state index contributed by atoms with van der Waals surface area (Å²) in [7, 11) is -3.53. The topological polar surface area (TPSA) is 171 Å². The highest BCUT2D eigenvalue weighted by Gasteiger charge is 2.44. The van der Waals surface area contributed by atoms with E-state index in [2.05, 4.69) is 25.6 Å². The standard InChI is InChI=1S/C21H25N6O7P/c1-3-32-35(31,33-4-2)11-10-14-16(28)17(29)21(34-14)27-19-15(25-26-27)18(22-12-23-19)24-20(30)13-8-6-5-7-9-13/h5-12,14,16-17,21,28-29H,3-4H2,1-2H3,(H,22,23,24,30)/b11-10+. The second kappa shape index (κ2) is 10.7. The summed E-state index contributed by atoms with van der Waals surface area (Å²) in [6.45, 7) is 3.67. The van der Waals surface area contributed by atoms with Gasteiger partial charge >= 0.3 is 7.60 Å². The van der Waals surface area contributed by atoms with Crippen molar-refractivity contribution in [2.24, 2.45) is 0 Å². The Balaban J connectivity index is 1.57. The number of aliphatic hydroxyl groups excluding tert-OH is 2. The lowest BCUT2D eigenvalue weighted by atomic mass is 10.1. The van der Waals surface area contributed by atoms with E-state index in [0.717, 1.165) is 0 Å². The fourth-order valence-corrected chi connectivity index (χ4v) is 4.86. The number of ether oxygens (including phenoxy) is 1. The smallest absolute Gasteiger partial charge is 0.353 e. The zero-order valence-electron chi connectivity index (χ0n) is 19.0. The number of rotatable bonds is 9. The van der Waals surface area contributed by atoms with Gasteiger partial charge in [0.1, 0.15) is 24.6 Å². The fourth-order valence-electron chi connectivity index (χ4n) is 3.52. The van der Waals surface area contributed by atoms with Crippen LogP contribution in [-0.4, -0.2) is 72.6 Å². The molecule has 1 aliphatic heterocycles. The number of carbonyl (C=O) groups excluding carboxylic acids is 1. The molecule has 1 fully saturated rings. The number of fused-ring (bicyclic) bond motifs is 1. The molecule has 3 aromatic rings. The van der Waals surface area contributed by atoms with E-state index in [9.17, 15) is 19.6 Å². The van der Waals surface area contributed by atoms with Crippen molar-refractivity contribution in [2.45, 2.75) is 38.4 Å². The normalized spacial score (nSPS) is 22.7. The maximum absolute atomic E-state index is 12.7. The molecule has 3 heterocycles. The van der Waals surface area contributed by atoms with Crippen LogP contribution in [0.15, 0.2) is 48.6 Å². The molecular formula is C21H25N6O7P. The number of amides is 1. The lowest BCUT2D eigenvalue weighted by Gasteiger charge is -2.15. The van der Waals surface area contributed by atoms with Crippen molar-refractivity contribution in [1.82, 2.24) is 25.0 Å². The van der Waals surface area contributed by atoms with Crippen LogP contribution in [0.4, 0.5) is 5.82 Å². The molecule has 0 saturated carbocycles. The number of benzene rings is 1. The number of anilines is 1. The van der Waals surface area contributed by atoms with E-state index in [1.807, 2.05) is 0 Å². The number of nitrogens with zero attached hydrogens (tertiary/aromatic N) is 5. The first-order valence-electron chi connectivity index (χ1n) is 10.9. The van der Waals surface area contributed by atoms with Gasteiger partial charge in [0.25, 0.3) is 5.91 Å². The van der Waals surface area contributed by atoms with Crippen LogP contribution in [0.3, 0.4) is 0 Å². The highest BCUT2D eigenvalue weighted by atomic mass is 31.2. The van der Waals surface area contributed by atoms with Crippen LogP contribution < -0.4 is 5.32 Å². The van der Waals surface area contributed by atoms with Gasteiger partial charge in [-0.25, -0.2) is 9.97 Å². The molecule has 186 valence electrons. The molecule has 4 rings (SSSR count). The highest BCUT2D eigenvalue weighted by molar-refractivity contribution is 7.57. The van der Waals surface area contributed by atoms with E-state index < -0.39 is 38.0 Å². The van der Waals surface area contributed by atoms with Crippen LogP contribution >= 0.6 is 7.60 Å². The predicted octanol–water partition coefficient (Wildman–Crippen LogP) is 1.87. The third kappa shape index (κ3) is 5.30. The summed E-state index contributed by atoms with van der Waals surface area (Å²) in [4.78, 5) is 20.7. The third-order valence-corrected chi connectivity index (χ3v) is 6.90. The Hall–Kier alpha value is -3.06. The zero-order valence-corrected chi connectivity index (χ0v) is 19.9. The Kier molecular flexibility index (Phi) is 7.65. The molecule has 0 bridgehead atoms. The van der Waals surface area contributed by atoms with Gasteiger partial charge in [0.2, 0.25) is 0 Å². The van der Waals surface area contributed by atoms with Crippen LogP contribution in [0.25, 0.3) is 11.2 Å². The average Bonchev–Trinajstić information content (AvgIpc) is 3.40. The first-order chi connectivity index (χ1) is 16.9. The maximum Gasteiger partial charge on any atom is 0.353 e. The van der Waals surface area contributed by atoms with Gasteiger partial charge in [-0.15, -0.1) is 5.10 Å². The van der Waals surface area contributed by atoms with Crippen molar-refractivity contribution in [3.05, 3.63) is 54.1 Å². The predicted molar refractivity (Wildman–Crippen MR) is 123 cm³/mol. The molecular weight excluding hydrogens is 479 g/mol. The Morgan fingerprint density at radius 3 is 2.57 bits per heavy atom. The molecule has 0 radical (unpaired) electrons. The molecule has 0 spiro atoms. The molecule has 35 heavy (non-hydrogen) atoms. The third-order valence-electron chi connectivity index (χ3n) is 5.12.